The van der Waals surface area contributed by atoms with E-state index < -0.39 is 6.04 Å². The molecule has 1 heterocycles. The van der Waals surface area contributed by atoms with E-state index in [2.05, 4.69) is 10.6 Å². The van der Waals surface area contributed by atoms with Gasteiger partial charge in [0, 0.05) is 16.3 Å². The second-order valence-electron chi connectivity index (χ2n) is 4.62. The van der Waals surface area contributed by atoms with Crippen LogP contribution < -0.4 is 10.6 Å². The molecule has 0 fully saturated rings. The van der Waals surface area contributed by atoms with E-state index in [1.807, 2.05) is 0 Å². The van der Waals surface area contributed by atoms with Crippen molar-refractivity contribution >= 4 is 23.2 Å². The Kier molecular flexibility index (Phi) is 3.42. The zero-order valence-electron chi connectivity index (χ0n) is 10.5. The molecule has 0 spiro atoms. The number of rotatable bonds is 1. The Hall–Kier alpha value is -1.91. The molecule has 2 aromatic carbocycles. The molecule has 0 saturated heterocycles. The lowest BCUT2D eigenvalue weighted by Crippen LogP contribution is -2.28. The number of nitrogens with one attached hydrogen (secondary N) is 2. The second kappa shape index (κ2) is 5.23. The van der Waals surface area contributed by atoms with Crippen LogP contribution >= 0.6 is 11.6 Å². The first kappa shape index (κ1) is 13.1. The van der Waals surface area contributed by atoms with E-state index in [0.29, 0.717) is 16.3 Å². The molecule has 0 radical (unpaired) electrons. The van der Waals surface area contributed by atoms with Crippen LogP contribution in [0.15, 0.2) is 42.5 Å². The lowest BCUT2D eigenvalue weighted by atomic mass is 9.97. The summed E-state index contributed by atoms with van der Waals surface area (Å²) in [6.45, 7) is 0.116. The highest BCUT2D eigenvalue weighted by Gasteiger charge is 2.24. The molecule has 1 atom stereocenters. The van der Waals surface area contributed by atoms with Crippen molar-refractivity contribution in [3.8, 4) is 0 Å². The second-order valence-corrected chi connectivity index (χ2v) is 5.05. The molecule has 5 heteroatoms. The summed E-state index contributed by atoms with van der Waals surface area (Å²) in [6.07, 6.45) is 0. The first-order valence-corrected chi connectivity index (χ1v) is 6.60. The van der Waals surface area contributed by atoms with Gasteiger partial charge < -0.3 is 5.32 Å². The molecule has 0 saturated carbocycles. The minimum Gasteiger partial charge on any atom is -0.325 e. The largest absolute Gasteiger partial charge is 0.325 e. The van der Waals surface area contributed by atoms with Gasteiger partial charge in [-0.25, -0.2) is 4.39 Å². The smallest absolute Gasteiger partial charge is 0.238 e. The van der Waals surface area contributed by atoms with Gasteiger partial charge in [0.15, 0.2) is 0 Å². The Morgan fingerprint density at radius 2 is 1.95 bits per heavy atom. The lowest BCUT2D eigenvalue weighted by molar-refractivity contribution is -0.115. The molecule has 102 valence electrons. The molecule has 1 aliphatic heterocycles. The molecule has 3 nitrogen and oxygen atoms in total. The summed E-state index contributed by atoms with van der Waals surface area (Å²) in [7, 11) is 0. The predicted molar refractivity (Wildman–Crippen MR) is 76.3 cm³/mol. The molecule has 0 aliphatic carbocycles. The minimum absolute atomic E-state index is 0.116. The number of anilines is 1. The van der Waals surface area contributed by atoms with Crippen LogP contribution in [0.3, 0.4) is 0 Å². The summed E-state index contributed by atoms with van der Waals surface area (Å²) >= 11 is 6.02. The molecule has 2 aromatic rings. The number of carbonyl (C=O) groups excluding carboxylic acids is 1. The number of halogens is 2. The Balaban J connectivity index is 2.15. The molecule has 20 heavy (non-hydrogen) atoms. The van der Waals surface area contributed by atoms with Gasteiger partial charge >= 0.3 is 0 Å². The van der Waals surface area contributed by atoms with Gasteiger partial charge in [-0.05, 0) is 29.8 Å². The van der Waals surface area contributed by atoms with E-state index in [0.717, 1.165) is 5.56 Å². The number of benzene rings is 2. The number of carbonyl (C=O) groups is 1. The number of hydrogen-bond donors (Lipinski definition) is 2. The van der Waals surface area contributed by atoms with Gasteiger partial charge in [-0.1, -0.05) is 29.8 Å². The summed E-state index contributed by atoms with van der Waals surface area (Å²) in [6, 6.07) is 11.3. The summed E-state index contributed by atoms with van der Waals surface area (Å²) in [5.74, 6) is -0.474. The van der Waals surface area contributed by atoms with E-state index >= 15 is 0 Å². The first-order chi connectivity index (χ1) is 9.65. The van der Waals surface area contributed by atoms with E-state index in [-0.39, 0.29) is 18.3 Å². The van der Waals surface area contributed by atoms with Crippen LogP contribution in [-0.4, -0.2) is 12.5 Å². The fourth-order valence-electron chi connectivity index (χ4n) is 2.37. The van der Waals surface area contributed by atoms with Crippen LogP contribution in [0.1, 0.15) is 17.2 Å². The Morgan fingerprint density at radius 1 is 1.15 bits per heavy atom. The van der Waals surface area contributed by atoms with Crippen molar-refractivity contribution in [1.82, 2.24) is 5.32 Å². The van der Waals surface area contributed by atoms with E-state index in [9.17, 15) is 9.18 Å². The van der Waals surface area contributed by atoms with Crippen molar-refractivity contribution in [2.45, 2.75) is 6.04 Å². The van der Waals surface area contributed by atoms with Crippen LogP contribution in [0, 0.1) is 5.82 Å². The van der Waals surface area contributed by atoms with E-state index in [1.165, 1.54) is 6.07 Å². The summed E-state index contributed by atoms with van der Waals surface area (Å²) in [5.41, 5.74) is 1.90. The van der Waals surface area contributed by atoms with Gasteiger partial charge in [0.05, 0.1) is 12.6 Å². The van der Waals surface area contributed by atoms with Gasteiger partial charge in [-0.15, -0.1) is 0 Å². The average molecular weight is 291 g/mol. The summed E-state index contributed by atoms with van der Waals surface area (Å²) in [4.78, 5) is 11.7. The minimum atomic E-state index is -0.413. The van der Waals surface area contributed by atoms with Gasteiger partial charge in [-0.3, -0.25) is 10.1 Å². The van der Waals surface area contributed by atoms with Crippen molar-refractivity contribution in [3.05, 3.63) is 64.4 Å². The van der Waals surface area contributed by atoms with Crippen LogP contribution in [-0.2, 0) is 4.79 Å². The first-order valence-electron chi connectivity index (χ1n) is 6.22. The molecular formula is C15H12ClFN2O. The average Bonchev–Trinajstić information content (AvgIpc) is 2.58. The standard InChI is InChI=1S/C15H12ClFN2O/c16-9-5-6-13-11(7-9)15(18-8-14(20)19-13)10-3-1-2-4-12(10)17/h1-7,15,18H,8H2,(H,19,20). The maximum absolute atomic E-state index is 14.0. The molecule has 0 aromatic heterocycles. The Morgan fingerprint density at radius 3 is 2.75 bits per heavy atom. The molecular weight excluding hydrogens is 279 g/mol. The molecule has 1 unspecified atom stereocenters. The fourth-order valence-corrected chi connectivity index (χ4v) is 2.55. The van der Waals surface area contributed by atoms with Crippen LogP contribution in [0.2, 0.25) is 5.02 Å². The summed E-state index contributed by atoms with van der Waals surface area (Å²) < 4.78 is 14.0. The highest BCUT2D eigenvalue weighted by Crippen LogP contribution is 2.33. The highest BCUT2D eigenvalue weighted by molar-refractivity contribution is 6.30. The molecule has 1 aliphatic rings. The predicted octanol–water partition coefficient (Wildman–Crippen LogP) is 3.11. The van der Waals surface area contributed by atoms with Crippen LogP contribution in [0.4, 0.5) is 10.1 Å². The van der Waals surface area contributed by atoms with Gasteiger partial charge in [-0.2, -0.15) is 0 Å². The number of amides is 1. The third-order valence-corrected chi connectivity index (χ3v) is 3.52. The van der Waals surface area contributed by atoms with Crippen molar-refractivity contribution < 1.29 is 9.18 Å². The van der Waals surface area contributed by atoms with Crippen molar-refractivity contribution in [2.24, 2.45) is 0 Å². The Bertz CT molecular complexity index is 675. The topological polar surface area (TPSA) is 41.1 Å². The third kappa shape index (κ3) is 2.40. The van der Waals surface area contributed by atoms with Crippen molar-refractivity contribution in [2.75, 3.05) is 11.9 Å². The van der Waals surface area contributed by atoms with Gasteiger partial charge in [0.2, 0.25) is 5.91 Å². The van der Waals surface area contributed by atoms with Gasteiger partial charge in [0.1, 0.15) is 5.82 Å². The zero-order valence-corrected chi connectivity index (χ0v) is 11.2. The Labute approximate surface area is 120 Å². The molecule has 2 N–H and O–H groups in total. The number of fused-ring (bicyclic) bond motifs is 1. The van der Waals surface area contributed by atoms with E-state index in [1.54, 1.807) is 36.4 Å². The quantitative estimate of drug-likeness (QED) is 0.847. The van der Waals surface area contributed by atoms with Crippen LogP contribution in [0.5, 0.6) is 0 Å². The maximum atomic E-state index is 14.0. The number of hydrogen-bond acceptors (Lipinski definition) is 2. The molecule has 1 amide bonds. The fraction of sp³-hybridized carbons (Fsp3) is 0.133. The third-order valence-electron chi connectivity index (χ3n) is 3.28. The van der Waals surface area contributed by atoms with Crippen molar-refractivity contribution in [3.63, 3.8) is 0 Å². The monoisotopic (exact) mass is 290 g/mol. The molecule has 0 bridgehead atoms. The lowest BCUT2D eigenvalue weighted by Gasteiger charge is -2.19. The SMILES string of the molecule is O=C1CNC(c2ccccc2F)c2cc(Cl)ccc2N1. The van der Waals surface area contributed by atoms with Crippen molar-refractivity contribution in [1.29, 1.82) is 0 Å². The summed E-state index contributed by atoms with van der Waals surface area (Å²) in [5, 5.41) is 6.39. The van der Waals surface area contributed by atoms with Crippen LogP contribution in [0.25, 0.3) is 0 Å². The zero-order chi connectivity index (χ0) is 14.1. The normalized spacial score (nSPS) is 18.1. The maximum Gasteiger partial charge on any atom is 0.238 e. The highest BCUT2D eigenvalue weighted by atomic mass is 35.5. The van der Waals surface area contributed by atoms with E-state index in [4.69, 9.17) is 11.6 Å². The van der Waals surface area contributed by atoms with Gasteiger partial charge in [0.25, 0.3) is 0 Å². The molecule has 3 rings (SSSR count).